The van der Waals surface area contributed by atoms with Gasteiger partial charge in [0.05, 0.1) is 10.8 Å². The summed E-state index contributed by atoms with van der Waals surface area (Å²) in [4.78, 5) is 38.4. The van der Waals surface area contributed by atoms with Crippen LogP contribution in [0, 0.1) is 22.2 Å². The Morgan fingerprint density at radius 3 is 2.35 bits per heavy atom. The van der Waals surface area contributed by atoms with E-state index in [-0.39, 0.29) is 6.42 Å². The molecular formula is C20H24O11. The summed E-state index contributed by atoms with van der Waals surface area (Å²) in [6.07, 6.45) is -8.88. The van der Waals surface area contributed by atoms with Crippen LogP contribution in [0.4, 0.5) is 0 Å². The topological polar surface area (TPSA) is 158 Å². The van der Waals surface area contributed by atoms with Gasteiger partial charge in [-0.05, 0) is 17.8 Å². The Labute approximate surface area is 176 Å². The molecular weight excluding hydrogens is 415 g/mol. The third-order valence-electron chi connectivity index (χ3n) is 8.83. The molecule has 11 nitrogen and oxygen atoms in total. The molecule has 31 heavy (non-hydrogen) atoms. The zero-order chi connectivity index (χ0) is 22.5. The lowest BCUT2D eigenvalue weighted by Gasteiger charge is -2.48. The number of esters is 3. The van der Waals surface area contributed by atoms with E-state index in [2.05, 4.69) is 0 Å². The summed E-state index contributed by atoms with van der Waals surface area (Å²) in [6.45, 7) is 5.80. The standard InChI is InChI=1S/C20H24O11/c1-16(2,3)6-5-7-18-8(21)10-19(26,9(22)12(23)29-10)20(18,14(25)28-7)31-15-17(6,18)11(27-4)13(24)30-15/h6-11,15,21-22,26H,5H2,1-4H3/t6-,7?,8+,9+,10?,11-,15?,17?,18?,19+,20?/m0/s1/i4-1. The van der Waals surface area contributed by atoms with Crippen molar-refractivity contribution in [3.63, 3.8) is 0 Å². The molecule has 0 aromatic rings. The average molecular weight is 439 g/mol. The number of hydrogen-bond acceptors (Lipinski definition) is 11. The van der Waals surface area contributed by atoms with Gasteiger partial charge in [0.25, 0.3) is 0 Å². The summed E-state index contributed by atoms with van der Waals surface area (Å²) in [5.41, 5.74) is -8.72. The molecule has 170 valence electrons. The molecule has 0 radical (unpaired) electrons. The highest BCUT2D eigenvalue weighted by molar-refractivity contribution is 5.94. The SMILES string of the molecule is CC(C)(C)[C@@H]1CC2OC(=O)C34OC5OC(=O)[C@H](O[11CH3])C51C23[C@H](O)C1OC(=O)[C@@H](O)[C@@]14O. The number of fused-ring (bicyclic) bond motifs is 1. The molecule has 6 unspecified atom stereocenters. The van der Waals surface area contributed by atoms with Gasteiger partial charge >= 0.3 is 17.9 Å². The van der Waals surface area contributed by atoms with Gasteiger partial charge in [-0.25, -0.2) is 14.4 Å². The maximum absolute atomic E-state index is 13.4. The van der Waals surface area contributed by atoms with Crippen molar-refractivity contribution in [2.75, 3.05) is 7.11 Å². The van der Waals surface area contributed by atoms with Crippen molar-refractivity contribution < 1.29 is 53.4 Å². The number of aliphatic hydroxyl groups is 3. The fourth-order valence-electron chi connectivity index (χ4n) is 8.14. The monoisotopic (exact) mass is 439 g/mol. The van der Waals surface area contributed by atoms with Crippen molar-refractivity contribution in [3.8, 4) is 0 Å². The zero-order valence-electron chi connectivity index (χ0n) is 17.4. The first-order valence-corrected chi connectivity index (χ1v) is 10.3. The van der Waals surface area contributed by atoms with Crippen molar-refractivity contribution >= 4 is 17.9 Å². The molecule has 0 bridgehead atoms. The maximum Gasteiger partial charge on any atom is 0.343 e. The van der Waals surface area contributed by atoms with Crippen LogP contribution >= 0.6 is 0 Å². The first kappa shape index (κ1) is 19.9. The number of hydrogen-bond donors (Lipinski definition) is 3. The van der Waals surface area contributed by atoms with Crippen molar-refractivity contribution in [2.24, 2.45) is 22.2 Å². The second-order valence-corrected chi connectivity index (χ2v) is 10.6. The Balaban J connectivity index is 1.72. The molecule has 4 saturated heterocycles. The lowest BCUT2D eigenvalue weighted by Crippen LogP contribution is -2.68. The highest BCUT2D eigenvalue weighted by Crippen LogP contribution is 2.84. The minimum absolute atomic E-state index is 0.233. The highest BCUT2D eigenvalue weighted by atomic mass is 16.8. The first-order chi connectivity index (χ1) is 14.4. The second kappa shape index (κ2) is 5.07. The molecule has 6 aliphatic rings. The lowest BCUT2D eigenvalue weighted by molar-refractivity contribution is -0.245. The second-order valence-electron chi connectivity index (χ2n) is 10.6. The minimum Gasteiger partial charge on any atom is -0.459 e. The number of aliphatic hydroxyl groups excluding tert-OH is 2. The Bertz CT molecular complexity index is 942. The smallest absolute Gasteiger partial charge is 0.343 e. The molecule has 6 rings (SSSR count). The number of rotatable bonds is 1. The molecule has 4 heterocycles. The van der Waals surface area contributed by atoms with Gasteiger partial charge < -0.3 is 39.0 Å². The predicted molar refractivity (Wildman–Crippen MR) is 93.6 cm³/mol. The van der Waals surface area contributed by atoms with Crippen LogP contribution in [0.15, 0.2) is 0 Å². The van der Waals surface area contributed by atoms with Gasteiger partial charge in [0.1, 0.15) is 12.2 Å². The summed E-state index contributed by atoms with van der Waals surface area (Å²) in [7, 11) is 1.32. The predicted octanol–water partition coefficient (Wildman–Crippen LogP) is -1.99. The van der Waals surface area contributed by atoms with Crippen molar-refractivity contribution in [1.82, 2.24) is 0 Å². The maximum atomic E-state index is 13.4. The van der Waals surface area contributed by atoms with Crippen LogP contribution < -0.4 is 0 Å². The van der Waals surface area contributed by atoms with E-state index in [1.807, 2.05) is 20.8 Å². The van der Waals surface area contributed by atoms with Crippen molar-refractivity contribution in [2.45, 2.75) is 75.2 Å². The van der Waals surface area contributed by atoms with Gasteiger partial charge in [-0.3, -0.25) is 0 Å². The van der Waals surface area contributed by atoms with Crippen LogP contribution in [0.2, 0.25) is 0 Å². The van der Waals surface area contributed by atoms with Crippen LogP contribution in [0.5, 0.6) is 0 Å². The summed E-state index contributed by atoms with van der Waals surface area (Å²) < 4.78 is 28.0. The summed E-state index contributed by atoms with van der Waals surface area (Å²) >= 11 is 0. The van der Waals surface area contributed by atoms with E-state index in [1.54, 1.807) is 0 Å². The van der Waals surface area contributed by atoms with Gasteiger partial charge in [0.2, 0.25) is 11.9 Å². The Morgan fingerprint density at radius 2 is 1.74 bits per heavy atom. The molecule has 0 aromatic heterocycles. The zero-order valence-corrected chi connectivity index (χ0v) is 17.4. The number of methoxy groups -OCH3 is 1. The van der Waals surface area contributed by atoms with Crippen molar-refractivity contribution in [1.29, 1.82) is 0 Å². The Kier molecular flexibility index (Phi) is 3.25. The van der Waals surface area contributed by atoms with Crippen molar-refractivity contribution in [3.05, 3.63) is 0 Å². The van der Waals surface area contributed by atoms with E-state index in [4.69, 9.17) is 23.7 Å². The molecule has 0 amide bonds. The van der Waals surface area contributed by atoms with Gasteiger partial charge in [0, 0.05) is 7.11 Å². The van der Waals surface area contributed by atoms with E-state index in [0.717, 1.165) is 0 Å². The van der Waals surface area contributed by atoms with E-state index >= 15 is 0 Å². The van der Waals surface area contributed by atoms with Gasteiger partial charge in [-0.2, -0.15) is 0 Å². The van der Waals surface area contributed by atoms with E-state index < -0.39 is 88.1 Å². The fraction of sp³-hybridized carbons (Fsp3) is 0.850. The summed E-state index contributed by atoms with van der Waals surface area (Å²) in [5, 5.41) is 34.0. The average Bonchev–Trinajstić information content (AvgIpc) is 3.38. The van der Waals surface area contributed by atoms with E-state index in [9.17, 15) is 29.7 Å². The third kappa shape index (κ3) is 1.49. The molecule has 2 aliphatic carbocycles. The summed E-state index contributed by atoms with van der Waals surface area (Å²) in [5.74, 6) is -3.37. The van der Waals surface area contributed by atoms with Crippen LogP contribution in [0.1, 0.15) is 27.2 Å². The van der Waals surface area contributed by atoms with Gasteiger partial charge in [0.15, 0.2) is 23.9 Å². The number of carbonyl (C=O) groups excluding carboxylic acids is 3. The van der Waals surface area contributed by atoms with Crippen LogP contribution in [-0.2, 0) is 38.1 Å². The van der Waals surface area contributed by atoms with E-state index in [1.165, 1.54) is 7.11 Å². The molecule has 2 spiro atoms. The van der Waals surface area contributed by atoms with Gasteiger partial charge in [-0.15, -0.1) is 0 Å². The molecule has 11 heteroatoms. The number of ether oxygens (including phenoxy) is 5. The van der Waals surface area contributed by atoms with Gasteiger partial charge in [-0.1, -0.05) is 20.8 Å². The Morgan fingerprint density at radius 1 is 1.06 bits per heavy atom. The molecule has 0 aromatic carbocycles. The number of carbonyl (C=O) groups is 3. The summed E-state index contributed by atoms with van der Waals surface area (Å²) in [6, 6.07) is 0. The largest absolute Gasteiger partial charge is 0.459 e. The van der Waals surface area contributed by atoms with Crippen LogP contribution in [0.25, 0.3) is 0 Å². The lowest BCUT2D eigenvalue weighted by atomic mass is 9.51. The van der Waals surface area contributed by atoms with E-state index in [0.29, 0.717) is 0 Å². The molecule has 11 atom stereocenters. The highest BCUT2D eigenvalue weighted by Gasteiger charge is 3.04. The Hall–Kier alpha value is -1.79. The molecule has 4 aliphatic heterocycles. The van der Waals surface area contributed by atoms with Crippen LogP contribution in [0.3, 0.4) is 0 Å². The third-order valence-corrected chi connectivity index (χ3v) is 8.83. The first-order valence-electron chi connectivity index (χ1n) is 10.3. The quantitative estimate of drug-likeness (QED) is 0.307. The molecule has 3 N–H and O–H groups in total. The fourth-order valence-corrected chi connectivity index (χ4v) is 8.14. The van der Waals surface area contributed by atoms with Crippen LogP contribution in [-0.4, -0.2) is 88.3 Å². The normalized spacial score (nSPS) is 58.5. The molecule has 2 saturated carbocycles. The minimum atomic E-state index is -2.63. The molecule has 6 fully saturated rings.